The Balaban J connectivity index is 1.32. The summed E-state index contributed by atoms with van der Waals surface area (Å²) in [6.07, 6.45) is 1.55. The molecule has 1 fully saturated rings. The first-order valence-electron chi connectivity index (χ1n) is 10.5. The van der Waals surface area contributed by atoms with Crippen LogP contribution in [0.5, 0.6) is 5.75 Å². The summed E-state index contributed by atoms with van der Waals surface area (Å²) >= 11 is 3.50. The maximum absolute atomic E-state index is 13.1. The number of amides is 3. The van der Waals surface area contributed by atoms with E-state index in [0.29, 0.717) is 51.3 Å². The Labute approximate surface area is 189 Å². The van der Waals surface area contributed by atoms with Gasteiger partial charge in [0.1, 0.15) is 11.6 Å². The van der Waals surface area contributed by atoms with Crippen molar-refractivity contribution in [3.63, 3.8) is 0 Å². The Morgan fingerprint density at radius 2 is 1.81 bits per heavy atom. The summed E-state index contributed by atoms with van der Waals surface area (Å²) in [6, 6.07) is 11.4. The van der Waals surface area contributed by atoms with E-state index in [-0.39, 0.29) is 23.7 Å². The van der Waals surface area contributed by atoms with Crippen molar-refractivity contribution in [2.24, 2.45) is 0 Å². The zero-order valence-corrected chi connectivity index (χ0v) is 18.7. The molecule has 2 aromatic rings. The van der Waals surface area contributed by atoms with E-state index >= 15 is 0 Å². The summed E-state index contributed by atoms with van der Waals surface area (Å²) in [5.41, 5.74) is 1.57. The van der Waals surface area contributed by atoms with E-state index in [1.54, 1.807) is 9.80 Å². The lowest BCUT2D eigenvalue weighted by molar-refractivity contribution is 0.0762. The lowest BCUT2D eigenvalue weighted by Gasteiger charge is -2.28. The first-order chi connectivity index (χ1) is 15.0. The lowest BCUT2D eigenvalue weighted by atomic mass is 9.93. The maximum atomic E-state index is 13.1. The number of nitrogens with zero attached hydrogens (tertiary/aromatic N) is 2. The van der Waals surface area contributed by atoms with Gasteiger partial charge in [0.2, 0.25) is 0 Å². The number of fused-ring (bicyclic) bond motifs is 1. The molecule has 8 heteroatoms. The zero-order valence-electron chi connectivity index (χ0n) is 17.2. The van der Waals surface area contributed by atoms with Crippen molar-refractivity contribution >= 4 is 27.9 Å². The summed E-state index contributed by atoms with van der Waals surface area (Å²) < 4.78 is 19.8. The number of carbonyl (C=O) groups excluding carboxylic acids is 2. The number of hydrogen-bond donors (Lipinski definition) is 1. The van der Waals surface area contributed by atoms with Gasteiger partial charge in [-0.2, -0.15) is 0 Å². The molecule has 1 atom stereocenters. The van der Waals surface area contributed by atoms with Gasteiger partial charge in [-0.15, -0.1) is 0 Å². The molecule has 1 unspecified atom stereocenters. The van der Waals surface area contributed by atoms with E-state index in [2.05, 4.69) is 27.3 Å². The molecular formula is C23H25BrFN3O3. The van der Waals surface area contributed by atoms with Crippen LogP contribution in [0.25, 0.3) is 0 Å². The van der Waals surface area contributed by atoms with Crippen molar-refractivity contribution in [2.75, 3.05) is 39.3 Å². The number of carbonyl (C=O) groups is 2. The summed E-state index contributed by atoms with van der Waals surface area (Å²) in [7, 11) is 0. The first-order valence-corrected chi connectivity index (χ1v) is 11.3. The second-order valence-electron chi connectivity index (χ2n) is 7.84. The second-order valence-corrected chi connectivity index (χ2v) is 8.76. The highest BCUT2D eigenvalue weighted by Crippen LogP contribution is 2.35. The molecule has 0 spiro atoms. The predicted molar refractivity (Wildman–Crippen MR) is 119 cm³/mol. The Bertz CT molecular complexity index is 954. The fourth-order valence-corrected chi connectivity index (χ4v) is 4.45. The molecule has 3 amide bonds. The van der Waals surface area contributed by atoms with Crippen LogP contribution in [0.1, 0.15) is 34.7 Å². The van der Waals surface area contributed by atoms with Crippen LogP contribution in [0.15, 0.2) is 46.9 Å². The van der Waals surface area contributed by atoms with Crippen LogP contribution in [-0.4, -0.2) is 61.1 Å². The molecule has 2 aliphatic heterocycles. The first kappa shape index (κ1) is 21.6. The van der Waals surface area contributed by atoms with Crippen LogP contribution in [0.3, 0.4) is 0 Å². The third-order valence-electron chi connectivity index (χ3n) is 5.80. The lowest BCUT2D eigenvalue weighted by Crippen LogP contribution is -2.44. The highest BCUT2D eigenvalue weighted by Gasteiger charge is 2.25. The number of nitrogens with one attached hydrogen (secondary N) is 1. The normalized spacial score (nSPS) is 18.6. The molecule has 31 heavy (non-hydrogen) atoms. The van der Waals surface area contributed by atoms with E-state index in [0.717, 1.165) is 22.2 Å². The molecule has 0 aliphatic carbocycles. The van der Waals surface area contributed by atoms with Crippen LogP contribution in [-0.2, 0) is 0 Å². The summed E-state index contributed by atoms with van der Waals surface area (Å²) in [4.78, 5) is 29.0. The highest BCUT2D eigenvalue weighted by molar-refractivity contribution is 9.10. The van der Waals surface area contributed by atoms with E-state index in [1.807, 2.05) is 12.1 Å². The number of ether oxygens (including phenoxy) is 1. The molecule has 0 saturated carbocycles. The highest BCUT2D eigenvalue weighted by atomic mass is 79.9. The van der Waals surface area contributed by atoms with Gasteiger partial charge in [-0.05, 0) is 55.3 Å². The molecule has 164 valence electrons. The molecule has 1 N–H and O–H groups in total. The van der Waals surface area contributed by atoms with Crippen molar-refractivity contribution < 1.29 is 18.7 Å². The Hall–Kier alpha value is -2.61. The topological polar surface area (TPSA) is 61.9 Å². The molecule has 2 aromatic carbocycles. The largest absolute Gasteiger partial charge is 0.493 e. The molecule has 1 saturated heterocycles. The molecule has 0 radical (unpaired) electrons. The molecule has 4 rings (SSSR count). The van der Waals surface area contributed by atoms with Crippen molar-refractivity contribution in [1.29, 1.82) is 0 Å². The van der Waals surface area contributed by atoms with Crippen LogP contribution in [0, 0.1) is 5.82 Å². The van der Waals surface area contributed by atoms with Crippen molar-refractivity contribution in [2.45, 2.75) is 18.8 Å². The van der Waals surface area contributed by atoms with E-state index < -0.39 is 0 Å². The minimum absolute atomic E-state index is 0.112. The molecule has 2 heterocycles. The SMILES string of the molecule is O=C(NCC1CCOc2ccc(Br)cc21)N1CCCN(C(=O)c2ccc(F)cc2)CC1. The quantitative estimate of drug-likeness (QED) is 0.708. The third kappa shape index (κ3) is 5.18. The number of rotatable bonds is 3. The smallest absolute Gasteiger partial charge is 0.317 e. The summed E-state index contributed by atoms with van der Waals surface area (Å²) in [6.45, 7) is 3.27. The fourth-order valence-electron chi connectivity index (χ4n) is 4.07. The standard InChI is InChI=1S/C23H25BrFN3O3/c24-18-4-7-21-20(14-18)17(8-13-31-21)15-26-23(30)28-10-1-9-27(11-12-28)22(29)16-2-5-19(25)6-3-16/h2-7,14,17H,1,8-13,15H2,(H,26,30). The summed E-state index contributed by atoms with van der Waals surface area (Å²) in [5.74, 6) is 0.577. The van der Waals surface area contributed by atoms with E-state index in [4.69, 9.17) is 4.74 Å². The van der Waals surface area contributed by atoms with Gasteiger partial charge in [0, 0.05) is 54.2 Å². The van der Waals surface area contributed by atoms with Crippen molar-refractivity contribution in [1.82, 2.24) is 15.1 Å². The van der Waals surface area contributed by atoms with E-state index in [1.165, 1.54) is 24.3 Å². The van der Waals surface area contributed by atoms with Crippen LogP contribution in [0.4, 0.5) is 9.18 Å². The molecule has 6 nitrogen and oxygen atoms in total. The van der Waals surface area contributed by atoms with Gasteiger partial charge in [0.05, 0.1) is 6.61 Å². The Morgan fingerprint density at radius 3 is 2.61 bits per heavy atom. The third-order valence-corrected chi connectivity index (χ3v) is 6.29. The number of urea groups is 1. The fraction of sp³-hybridized carbons (Fsp3) is 0.391. The average molecular weight is 490 g/mol. The Morgan fingerprint density at radius 1 is 1.06 bits per heavy atom. The van der Waals surface area contributed by atoms with E-state index in [9.17, 15) is 14.0 Å². The van der Waals surface area contributed by atoms with Gasteiger partial charge >= 0.3 is 6.03 Å². The maximum Gasteiger partial charge on any atom is 0.317 e. The van der Waals surface area contributed by atoms with Crippen LogP contribution >= 0.6 is 15.9 Å². The van der Waals surface area contributed by atoms with Gasteiger partial charge in [0.15, 0.2) is 0 Å². The predicted octanol–water partition coefficient (Wildman–Crippen LogP) is 4.01. The molecule has 0 bridgehead atoms. The zero-order chi connectivity index (χ0) is 21.8. The summed E-state index contributed by atoms with van der Waals surface area (Å²) in [5, 5.41) is 3.06. The number of benzene rings is 2. The number of hydrogen-bond acceptors (Lipinski definition) is 3. The average Bonchev–Trinajstić information content (AvgIpc) is 3.04. The van der Waals surface area contributed by atoms with Gasteiger partial charge in [-0.1, -0.05) is 15.9 Å². The van der Waals surface area contributed by atoms with Gasteiger partial charge in [-0.25, -0.2) is 9.18 Å². The molecule has 2 aliphatic rings. The Kier molecular flexibility index (Phi) is 6.75. The minimum atomic E-state index is -0.366. The van der Waals surface area contributed by atoms with Crippen molar-refractivity contribution in [3.05, 3.63) is 63.9 Å². The number of halogens is 2. The molecular weight excluding hydrogens is 465 g/mol. The van der Waals surface area contributed by atoms with Gasteiger partial charge in [0.25, 0.3) is 5.91 Å². The van der Waals surface area contributed by atoms with Gasteiger partial charge < -0.3 is 19.9 Å². The minimum Gasteiger partial charge on any atom is -0.493 e. The van der Waals surface area contributed by atoms with Gasteiger partial charge in [-0.3, -0.25) is 4.79 Å². The van der Waals surface area contributed by atoms with Crippen LogP contribution < -0.4 is 10.1 Å². The van der Waals surface area contributed by atoms with Crippen LogP contribution in [0.2, 0.25) is 0 Å². The van der Waals surface area contributed by atoms with Crippen molar-refractivity contribution in [3.8, 4) is 5.75 Å². The second kappa shape index (κ2) is 9.68. The molecule has 0 aromatic heterocycles. The monoisotopic (exact) mass is 489 g/mol.